The van der Waals surface area contributed by atoms with Crippen LogP contribution in [0.15, 0.2) is 18.5 Å². The molecular weight excluding hydrogens is 320 g/mol. The predicted molar refractivity (Wildman–Crippen MR) is 89.9 cm³/mol. The third-order valence-corrected chi connectivity index (χ3v) is 4.54. The molecule has 0 spiro atoms. The Bertz CT molecular complexity index is 701. The number of hydrogen-bond donors (Lipinski definition) is 0. The average Bonchev–Trinajstić information content (AvgIpc) is 3.32. The Morgan fingerprint density at radius 3 is 2.64 bits per heavy atom. The van der Waals surface area contributed by atoms with Gasteiger partial charge in [0.1, 0.15) is 5.92 Å². The van der Waals surface area contributed by atoms with E-state index >= 15 is 0 Å². The summed E-state index contributed by atoms with van der Waals surface area (Å²) < 4.78 is 11.7. The SMILES string of the molecule is COC(CC(C#N)C(=O)c1cnn(C(=CC#N)C2CCCC2)c1)OC. The number of aromatic nitrogens is 2. The fourth-order valence-electron chi connectivity index (χ4n) is 3.15. The monoisotopic (exact) mass is 342 g/mol. The van der Waals surface area contributed by atoms with E-state index in [4.69, 9.17) is 14.7 Å². The number of methoxy groups -OCH3 is 2. The molecule has 0 amide bonds. The first kappa shape index (κ1) is 18.9. The number of ether oxygens (including phenoxy) is 2. The molecule has 1 heterocycles. The van der Waals surface area contributed by atoms with Gasteiger partial charge in [-0.25, -0.2) is 4.68 Å². The number of allylic oxidation sites excluding steroid dienone is 2. The fourth-order valence-corrected chi connectivity index (χ4v) is 3.15. The smallest absolute Gasteiger partial charge is 0.183 e. The summed E-state index contributed by atoms with van der Waals surface area (Å²) in [5, 5.41) is 22.6. The first-order chi connectivity index (χ1) is 12.1. The molecule has 1 fully saturated rings. The topological polar surface area (TPSA) is 101 Å². The van der Waals surface area contributed by atoms with Crippen molar-refractivity contribution in [3.05, 3.63) is 24.0 Å². The fraction of sp³-hybridized carbons (Fsp3) is 0.556. The summed E-state index contributed by atoms with van der Waals surface area (Å²) in [5.74, 6) is -0.923. The number of nitrogens with zero attached hydrogens (tertiary/aromatic N) is 4. The highest BCUT2D eigenvalue weighted by atomic mass is 16.7. The molecule has 7 nitrogen and oxygen atoms in total. The van der Waals surface area contributed by atoms with Gasteiger partial charge in [0.05, 0.1) is 29.6 Å². The van der Waals surface area contributed by atoms with Crippen molar-refractivity contribution in [1.82, 2.24) is 9.78 Å². The lowest BCUT2D eigenvalue weighted by atomic mass is 9.97. The molecule has 2 rings (SSSR count). The van der Waals surface area contributed by atoms with Crippen molar-refractivity contribution >= 4 is 11.5 Å². The van der Waals surface area contributed by atoms with Gasteiger partial charge in [-0.15, -0.1) is 0 Å². The van der Waals surface area contributed by atoms with Crippen LogP contribution in [0.3, 0.4) is 0 Å². The Morgan fingerprint density at radius 1 is 1.40 bits per heavy atom. The second-order valence-corrected chi connectivity index (χ2v) is 6.04. The highest BCUT2D eigenvalue weighted by molar-refractivity contribution is 5.99. The van der Waals surface area contributed by atoms with E-state index in [1.54, 1.807) is 10.9 Å². The van der Waals surface area contributed by atoms with E-state index in [0.717, 1.165) is 31.4 Å². The number of Topliss-reactive ketones (excluding diaryl/α,β-unsaturated/α-hetero) is 1. The van der Waals surface area contributed by atoms with Crippen LogP contribution in [0.4, 0.5) is 0 Å². The van der Waals surface area contributed by atoms with Crippen LogP contribution in [0.25, 0.3) is 5.70 Å². The van der Waals surface area contributed by atoms with Gasteiger partial charge >= 0.3 is 0 Å². The van der Waals surface area contributed by atoms with Crippen molar-refractivity contribution in [3.8, 4) is 12.1 Å². The minimum absolute atomic E-state index is 0.150. The summed E-state index contributed by atoms with van der Waals surface area (Å²) in [5.41, 5.74) is 1.15. The van der Waals surface area contributed by atoms with Crippen LogP contribution in [-0.2, 0) is 9.47 Å². The summed E-state index contributed by atoms with van der Waals surface area (Å²) in [4.78, 5) is 12.6. The first-order valence-corrected chi connectivity index (χ1v) is 8.28. The molecule has 132 valence electrons. The Kier molecular flexibility index (Phi) is 6.88. The molecule has 7 heteroatoms. The van der Waals surface area contributed by atoms with Crippen LogP contribution in [-0.4, -0.2) is 36.1 Å². The molecule has 0 aromatic carbocycles. The summed E-state index contributed by atoms with van der Waals surface area (Å²) in [6, 6.07) is 4.07. The van der Waals surface area contributed by atoms with Crippen LogP contribution in [0.1, 0.15) is 42.5 Å². The van der Waals surface area contributed by atoms with Gasteiger partial charge in [-0.1, -0.05) is 12.8 Å². The van der Waals surface area contributed by atoms with Crippen molar-refractivity contribution in [2.45, 2.75) is 38.4 Å². The van der Waals surface area contributed by atoms with Gasteiger partial charge in [-0.05, 0) is 12.8 Å². The van der Waals surface area contributed by atoms with Gasteiger partial charge in [-0.2, -0.15) is 15.6 Å². The Labute approximate surface area is 147 Å². The maximum atomic E-state index is 12.6. The quantitative estimate of drug-likeness (QED) is 0.409. The standard InChI is InChI=1S/C18H22N4O3/c1-24-17(25-2)9-14(10-20)18(23)15-11-21-22(12-15)16(7-8-19)13-5-3-4-6-13/h7,11-14,17H,3-6,9H2,1-2H3. The van der Waals surface area contributed by atoms with E-state index in [-0.39, 0.29) is 18.1 Å². The maximum absolute atomic E-state index is 12.6. The minimum atomic E-state index is -0.877. The second kappa shape index (κ2) is 9.12. The van der Waals surface area contributed by atoms with Crippen LogP contribution in [0.5, 0.6) is 0 Å². The van der Waals surface area contributed by atoms with E-state index in [1.807, 2.05) is 6.07 Å². The zero-order valence-corrected chi connectivity index (χ0v) is 14.5. The lowest BCUT2D eigenvalue weighted by molar-refractivity contribution is -0.109. The van der Waals surface area contributed by atoms with E-state index in [9.17, 15) is 10.1 Å². The number of ketones is 1. The number of rotatable bonds is 8. The number of carbonyl (C=O) groups is 1. The minimum Gasteiger partial charge on any atom is -0.356 e. The van der Waals surface area contributed by atoms with Crippen LogP contribution >= 0.6 is 0 Å². The lowest BCUT2D eigenvalue weighted by Gasteiger charge is -2.15. The molecule has 1 aromatic heterocycles. The van der Waals surface area contributed by atoms with Crippen molar-refractivity contribution in [3.63, 3.8) is 0 Å². The predicted octanol–water partition coefficient (Wildman–Crippen LogP) is 2.77. The molecule has 25 heavy (non-hydrogen) atoms. The molecule has 1 atom stereocenters. The zero-order chi connectivity index (χ0) is 18.2. The Balaban J connectivity index is 2.18. The molecule has 0 bridgehead atoms. The van der Waals surface area contributed by atoms with Gasteiger partial charge in [0.15, 0.2) is 12.1 Å². The molecule has 0 saturated heterocycles. The van der Waals surface area contributed by atoms with Crippen LogP contribution in [0.2, 0.25) is 0 Å². The number of hydrogen-bond acceptors (Lipinski definition) is 6. The highest BCUT2D eigenvalue weighted by Crippen LogP contribution is 2.33. The van der Waals surface area contributed by atoms with Gasteiger partial charge in [0.2, 0.25) is 0 Å². The molecular formula is C18H22N4O3. The molecule has 0 N–H and O–H groups in total. The number of nitriles is 2. The van der Waals surface area contributed by atoms with Crippen molar-refractivity contribution < 1.29 is 14.3 Å². The summed E-state index contributed by atoms with van der Waals surface area (Å²) in [6.07, 6.45) is 8.36. The summed E-state index contributed by atoms with van der Waals surface area (Å²) in [6.45, 7) is 0. The molecule has 1 unspecified atom stereocenters. The zero-order valence-electron chi connectivity index (χ0n) is 14.5. The van der Waals surface area contributed by atoms with Gasteiger partial charge in [-0.3, -0.25) is 4.79 Å². The largest absolute Gasteiger partial charge is 0.356 e. The Hall–Kier alpha value is -2.48. The van der Waals surface area contributed by atoms with E-state index in [0.29, 0.717) is 5.56 Å². The van der Waals surface area contributed by atoms with E-state index in [2.05, 4.69) is 11.2 Å². The first-order valence-electron chi connectivity index (χ1n) is 8.28. The number of carbonyl (C=O) groups excluding carboxylic acids is 1. The van der Waals surface area contributed by atoms with Gasteiger partial charge < -0.3 is 9.47 Å². The lowest BCUT2D eigenvalue weighted by Crippen LogP contribution is -2.22. The second-order valence-electron chi connectivity index (χ2n) is 6.04. The molecule has 1 aromatic rings. The molecule has 1 aliphatic carbocycles. The molecule has 0 radical (unpaired) electrons. The molecule has 1 aliphatic rings. The van der Waals surface area contributed by atoms with Crippen molar-refractivity contribution in [2.24, 2.45) is 11.8 Å². The van der Waals surface area contributed by atoms with Gasteiger partial charge in [0.25, 0.3) is 0 Å². The van der Waals surface area contributed by atoms with Crippen molar-refractivity contribution in [2.75, 3.05) is 14.2 Å². The molecule has 0 aliphatic heterocycles. The third kappa shape index (κ3) is 4.54. The van der Waals surface area contributed by atoms with E-state index < -0.39 is 12.2 Å². The normalized spacial score (nSPS) is 16.6. The maximum Gasteiger partial charge on any atom is 0.183 e. The average molecular weight is 342 g/mol. The molecule has 1 saturated carbocycles. The Morgan fingerprint density at radius 2 is 2.08 bits per heavy atom. The summed E-state index contributed by atoms with van der Waals surface area (Å²) >= 11 is 0. The van der Waals surface area contributed by atoms with E-state index in [1.165, 1.54) is 26.5 Å². The highest BCUT2D eigenvalue weighted by Gasteiger charge is 2.27. The van der Waals surface area contributed by atoms with Gasteiger partial charge in [0, 0.05) is 38.8 Å². The van der Waals surface area contributed by atoms with Crippen molar-refractivity contribution in [1.29, 1.82) is 10.5 Å². The summed E-state index contributed by atoms with van der Waals surface area (Å²) in [7, 11) is 2.93. The third-order valence-electron chi connectivity index (χ3n) is 4.54. The van der Waals surface area contributed by atoms with Crippen LogP contribution in [0, 0.1) is 34.5 Å². The van der Waals surface area contributed by atoms with Crippen LogP contribution < -0.4 is 0 Å².